The van der Waals surface area contributed by atoms with Crippen LogP contribution in [0.1, 0.15) is 30.4 Å². The highest BCUT2D eigenvalue weighted by atomic mass is 32.2. The Hall–Kier alpha value is -1.00. The number of hydrogen-bond acceptors (Lipinski definition) is 3. The van der Waals surface area contributed by atoms with Crippen molar-refractivity contribution in [2.24, 2.45) is 11.7 Å². The molecule has 1 unspecified atom stereocenters. The van der Waals surface area contributed by atoms with Crippen LogP contribution in [0.5, 0.6) is 0 Å². The molecule has 2 rings (SSSR count). The highest BCUT2D eigenvalue weighted by Gasteiger charge is 2.30. The molecule has 4 heteroatoms. The second-order valence-corrected chi connectivity index (χ2v) is 6.76. The molecule has 0 heterocycles. The van der Waals surface area contributed by atoms with Crippen molar-refractivity contribution in [3.05, 3.63) is 29.3 Å². The molecular weight excluding hydrogens is 268 g/mol. The van der Waals surface area contributed by atoms with Crippen LogP contribution in [0.15, 0.2) is 23.1 Å². The molecule has 1 atom stereocenters. The molecule has 1 aromatic carbocycles. The summed E-state index contributed by atoms with van der Waals surface area (Å²) in [5.74, 6) is 1.57. The quantitative estimate of drug-likeness (QED) is 0.760. The lowest BCUT2D eigenvalue weighted by Gasteiger charge is -2.15. The number of benzene rings is 1. The van der Waals surface area contributed by atoms with Crippen molar-refractivity contribution < 1.29 is 4.79 Å². The zero-order chi connectivity index (χ0) is 14.5. The first-order valence-electron chi connectivity index (χ1n) is 7.29. The van der Waals surface area contributed by atoms with Crippen LogP contribution in [0.2, 0.25) is 0 Å². The number of rotatable bonds is 7. The molecule has 1 saturated carbocycles. The van der Waals surface area contributed by atoms with E-state index in [-0.39, 0.29) is 11.9 Å². The highest BCUT2D eigenvalue weighted by Crippen LogP contribution is 2.32. The molecule has 1 aromatic rings. The molecule has 0 aromatic heterocycles. The highest BCUT2D eigenvalue weighted by molar-refractivity contribution is 7.99. The monoisotopic (exact) mass is 292 g/mol. The van der Waals surface area contributed by atoms with Crippen molar-refractivity contribution >= 4 is 17.7 Å². The van der Waals surface area contributed by atoms with Gasteiger partial charge in [0.1, 0.15) is 0 Å². The molecule has 0 spiro atoms. The smallest absolute Gasteiger partial charge is 0.221 e. The second-order valence-electron chi connectivity index (χ2n) is 5.59. The average molecular weight is 292 g/mol. The Morgan fingerprint density at radius 3 is 2.75 bits per heavy atom. The summed E-state index contributed by atoms with van der Waals surface area (Å²) < 4.78 is 0. The number of carbonyl (C=O) groups is 1. The number of hydrogen-bond donors (Lipinski definition) is 2. The van der Waals surface area contributed by atoms with Gasteiger partial charge in [0.15, 0.2) is 0 Å². The van der Waals surface area contributed by atoms with Crippen molar-refractivity contribution in [3.8, 4) is 0 Å². The SMILES string of the molecule is Cc1ccc(SCCC(=O)NC(CN)C2CC2)cc1C. The molecule has 3 nitrogen and oxygen atoms in total. The van der Waals surface area contributed by atoms with Gasteiger partial charge in [-0.25, -0.2) is 0 Å². The lowest BCUT2D eigenvalue weighted by Crippen LogP contribution is -2.41. The van der Waals surface area contributed by atoms with Crippen molar-refractivity contribution in [3.63, 3.8) is 0 Å². The van der Waals surface area contributed by atoms with Crippen molar-refractivity contribution in [1.29, 1.82) is 0 Å². The summed E-state index contributed by atoms with van der Waals surface area (Å²) in [6.45, 7) is 4.79. The van der Waals surface area contributed by atoms with Gasteiger partial charge in [0.2, 0.25) is 5.91 Å². The number of thioether (sulfide) groups is 1. The lowest BCUT2D eigenvalue weighted by molar-refractivity contribution is -0.121. The Balaban J connectivity index is 1.71. The first kappa shape index (κ1) is 15.4. The maximum absolute atomic E-state index is 11.9. The lowest BCUT2D eigenvalue weighted by atomic mass is 10.1. The molecule has 1 amide bonds. The standard InChI is InChI=1S/C16H24N2OS/c1-11-3-6-14(9-12(11)2)20-8-7-16(19)18-15(10-17)13-4-5-13/h3,6,9,13,15H,4-5,7-8,10,17H2,1-2H3,(H,18,19). The Bertz CT molecular complexity index is 472. The minimum atomic E-state index is 0.128. The average Bonchev–Trinajstić information content (AvgIpc) is 3.24. The first-order chi connectivity index (χ1) is 9.60. The van der Waals surface area contributed by atoms with Gasteiger partial charge in [0.05, 0.1) is 0 Å². The van der Waals surface area contributed by atoms with E-state index in [9.17, 15) is 4.79 Å². The molecule has 1 aliphatic rings. The number of amides is 1. The first-order valence-corrected chi connectivity index (χ1v) is 8.28. The molecule has 0 saturated heterocycles. The Labute approximate surface area is 125 Å². The van der Waals surface area contributed by atoms with Gasteiger partial charge in [-0.05, 0) is 55.9 Å². The van der Waals surface area contributed by atoms with Gasteiger partial charge in [-0.15, -0.1) is 11.8 Å². The minimum absolute atomic E-state index is 0.128. The maximum Gasteiger partial charge on any atom is 0.221 e. The van der Waals surface area contributed by atoms with Gasteiger partial charge in [-0.2, -0.15) is 0 Å². The van der Waals surface area contributed by atoms with Gasteiger partial charge in [0.25, 0.3) is 0 Å². The number of carbonyl (C=O) groups excluding carboxylic acids is 1. The van der Waals surface area contributed by atoms with Gasteiger partial charge >= 0.3 is 0 Å². The predicted molar refractivity (Wildman–Crippen MR) is 85.0 cm³/mol. The van der Waals surface area contributed by atoms with Crippen LogP contribution >= 0.6 is 11.8 Å². The molecule has 110 valence electrons. The fraction of sp³-hybridized carbons (Fsp3) is 0.562. The van der Waals surface area contributed by atoms with E-state index in [1.807, 2.05) is 0 Å². The van der Waals surface area contributed by atoms with E-state index < -0.39 is 0 Å². The molecule has 1 aliphatic carbocycles. The van der Waals surface area contributed by atoms with E-state index in [0.29, 0.717) is 18.9 Å². The number of nitrogens with two attached hydrogens (primary N) is 1. The van der Waals surface area contributed by atoms with E-state index >= 15 is 0 Å². The summed E-state index contributed by atoms with van der Waals surface area (Å²) in [6, 6.07) is 6.63. The number of aryl methyl sites for hydroxylation is 2. The topological polar surface area (TPSA) is 55.1 Å². The van der Waals surface area contributed by atoms with Gasteiger partial charge in [-0.1, -0.05) is 6.07 Å². The maximum atomic E-state index is 11.9. The summed E-state index contributed by atoms with van der Waals surface area (Å²) in [5, 5.41) is 3.06. The van der Waals surface area contributed by atoms with Crippen LogP contribution in [-0.4, -0.2) is 24.2 Å². The van der Waals surface area contributed by atoms with Crippen LogP contribution in [0, 0.1) is 19.8 Å². The normalized spacial score (nSPS) is 15.9. The zero-order valence-corrected chi connectivity index (χ0v) is 13.1. The van der Waals surface area contributed by atoms with Crippen molar-refractivity contribution in [2.75, 3.05) is 12.3 Å². The minimum Gasteiger partial charge on any atom is -0.352 e. The summed E-state index contributed by atoms with van der Waals surface area (Å²) in [7, 11) is 0. The Kier molecular flexibility index (Phi) is 5.49. The Morgan fingerprint density at radius 1 is 1.40 bits per heavy atom. The number of nitrogens with one attached hydrogen (secondary N) is 1. The summed E-state index contributed by atoms with van der Waals surface area (Å²) in [5.41, 5.74) is 8.30. The molecule has 1 fully saturated rings. The summed E-state index contributed by atoms with van der Waals surface area (Å²) in [6.07, 6.45) is 2.97. The van der Waals surface area contributed by atoms with E-state index in [4.69, 9.17) is 5.73 Å². The third kappa shape index (κ3) is 4.53. The molecule has 0 bridgehead atoms. The predicted octanol–water partition coefficient (Wildman–Crippen LogP) is 2.64. The summed E-state index contributed by atoms with van der Waals surface area (Å²) in [4.78, 5) is 13.1. The fourth-order valence-corrected chi connectivity index (χ4v) is 3.16. The molecule has 0 aliphatic heterocycles. The molecule has 0 radical (unpaired) electrons. The van der Waals surface area contributed by atoms with E-state index in [1.165, 1.54) is 28.9 Å². The van der Waals surface area contributed by atoms with Crippen LogP contribution in [0.3, 0.4) is 0 Å². The van der Waals surface area contributed by atoms with E-state index in [0.717, 1.165) is 5.75 Å². The second kappa shape index (κ2) is 7.14. The molecule has 3 N–H and O–H groups in total. The van der Waals surface area contributed by atoms with Crippen LogP contribution in [0.25, 0.3) is 0 Å². The zero-order valence-electron chi connectivity index (χ0n) is 12.3. The van der Waals surface area contributed by atoms with Crippen LogP contribution in [-0.2, 0) is 4.79 Å². The summed E-state index contributed by atoms with van der Waals surface area (Å²) >= 11 is 1.74. The fourth-order valence-electron chi connectivity index (χ4n) is 2.21. The van der Waals surface area contributed by atoms with Crippen LogP contribution < -0.4 is 11.1 Å². The van der Waals surface area contributed by atoms with Gasteiger partial charge < -0.3 is 11.1 Å². The van der Waals surface area contributed by atoms with Crippen LogP contribution in [0.4, 0.5) is 0 Å². The van der Waals surface area contributed by atoms with Gasteiger partial charge in [-0.3, -0.25) is 4.79 Å². The third-order valence-corrected chi connectivity index (χ3v) is 4.86. The van der Waals surface area contributed by atoms with Gasteiger partial charge in [0, 0.05) is 29.7 Å². The molecule has 20 heavy (non-hydrogen) atoms. The third-order valence-electron chi connectivity index (χ3n) is 3.87. The largest absolute Gasteiger partial charge is 0.352 e. The molecular formula is C16H24N2OS. The van der Waals surface area contributed by atoms with E-state index in [1.54, 1.807) is 11.8 Å². The van der Waals surface area contributed by atoms with Crippen molar-refractivity contribution in [1.82, 2.24) is 5.32 Å². The van der Waals surface area contributed by atoms with Crippen molar-refractivity contribution in [2.45, 2.75) is 44.0 Å². The van der Waals surface area contributed by atoms with E-state index in [2.05, 4.69) is 37.4 Å². The Morgan fingerprint density at radius 2 is 2.15 bits per heavy atom.